The minimum absolute atomic E-state index is 0.768. The second-order valence-corrected chi connectivity index (χ2v) is 8.16. The van der Waals surface area contributed by atoms with E-state index in [1.54, 1.807) is 0 Å². The van der Waals surface area contributed by atoms with E-state index < -0.39 is 13.4 Å². The van der Waals surface area contributed by atoms with Crippen LogP contribution in [0.2, 0.25) is 0 Å². The summed E-state index contributed by atoms with van der Waals surface area (Å²) in [5.41, 5.74) is 0. The van der Waals surface area contributed by atoms with Crippen molar-refractivity contribution in [3.05, 3.63) is 30.3 Å². The third-order valence-electron chi connectivity index (χ3n) is 1.53. The van der Waals surface area contributed by atoms with Gasteiger partial charge in [0.05, 0.1) is 25.3 Å². The van der Waals surface area contributed by atoms with E-state index in [0.29, 0.717) is 0 Å². The maximum atomic E-state index is 8.44. The fourth-order valence-electron chi connectivity index (χ4n) is 0.875. The molecule has 78 valence electrons. The van der Waals surface area contributed by atoms with E-state index in [1.165, 1.54) is 5.30 Å². The molecule has 0 spiro atoms. The zero-order valence-corrected chi connectivity index (χ0v) is 9.49. The highest BCUT2D eigenvalue weighted by Gasteiger charge is 2.19. The third kappa shape index (κ3) is 6.44. The average molecular weight is 214 g/mol. The summed E-state index contributed by atoms with van der Waals surface area (Å²) >= 11 is 0. The molecule has 3 nitrogen and oxygen atoms in total. The lowest BCUT2D eigenvalue weighted by Gasteiger charge is -2.10. The van der Waals surface area contributed by atoms with Crippen molar-refractivity contribution >= 4 is 18.7 Å². The topological polar surface area (TPSA) is 60.4 Å². The van der Waals surface area contributed by atoms with E-state index in [4.69, 9.17) is 15.0 Å². The lowest BCUT2D eigenvalue weighted by atomic mass is 10.4. The van der Waals surface area contributed by atoms with E-state index in [1.807, 2.05) is 0 Å². The van der Waals surface area contributed by atoms with Gasteiger partial charge in [-0.1, -0.05) is 18.2 Å². The molecule has 1 N–H and O–H groups in total. The van der Waals surface area contributed by atoms with Gasteiger partial charge in [-0.3, -0.25) is 0 Å². The Balaban J connectivity index is 0.000000364. The van der Waals surface area contributed by atoms with Crippen molar-refractivity contribution in [1.82, 2.24) is 0 Å². The summed E-state index contributed by atoms with van der Waals surface area (Å²) in [4.78, 5) is 8.44. The van der Waals surface area contributed by atoms with Gasteiger partial charge in [0.1, 0.15) is 0 Å². The molecule has 0 atom stereocenters. The summed E-state index contributed by atoms with van der Waals surface area (Å²) in [5.74, 6) is 0. The van der Waals surface area contributed by atoms with Crippen molar-refractivity contribution in [2.45, 2.75) is 0 Å². The zero-order valence-electron chi connectivity index (χ0n) is 8.60. The SMILES string of the molecule is C[P+](C)(C)c1ccccc1.O=C([O-])O. The minimum atomic E-state index is -2.08. The average Bonchev–Trinajstić information content (AvgIpc) is 2.03. The van der Waals surface area contributed by atoms with Gasteiger partial charge >= 0.3 is 0 Å². The molecule has 0 radical (unpaired) electrons. The molecule has 0 saturated heterocycles. The lowest BCUT2D eigenvalue weighted by Crippen LogP contribution is -2.17. The van der Waals surface area contributed by atoms with Crippen LogP contribution >= 0.6 is 7.26 Å². The van der Waals surface area contributed by atoms with Gasteiger partial charge in [-0.25, -0.2) is 0 Å². The first-order chi connectivity index (χ1) is 6.34. The Morgan fingerprint density at radius 1 is 1.21 bits per heavy atom. The molecule has 0 aliphatic rings. The molecule has 0 aliphatic heterocycles. The molecule has 1 aromatic carbocycles. The highest BCUT2D eigenvalue weighted by atomic mass is 31.2. The Hall–Kier alpha value is -1.08. The molecular formula is C10H15O3P. The van der Waals surface area contributed by atoms with Crippen molar-refractivity contribution in [2.24, 2.45) is 0 Å². The Kier molecular flexibility index (Phi) is 5.18. The maximum absolute atomic E-state index is 8.44. The van der Waals surface area contributed by atoms with Gasteiger partial charge in [0, 0.05) is 7.26 Å². The van der Waals surface area contributed by atoms with Gasteiger partial charge in [0.25, 0.3) is 0 Å². The van der Waals surface area contributed by atoms with Crippen LogP contribution in [0.15, 0.2) is 30.3 Å². The maximum Gasteiger partial charge on any atom is 0.249 e. The van der Waals surface area contributed by atoms with E-state index in [0.717, 1.165) is 0 Å². The molecule has 0 heterocycles. The van der Waals surface area contributed by atoms with Crippen LogP contribution in [0.1, 0.15) is 0 Å². The van der Waals surface area contributed by atoms with E-state index in [2.05, 4.69) is 50.3 Å². The molecule has 0 amide bonds. The van der Waals surface area contributed by atoms with E-state index in [9.17, 15) is 0 Å². The predicted octanol–water partition coefficient (Wildman–Crippen LogP) is 1.11. The van der Waals surface area contributed by atoms with Gasteiger partial charge in [0.15, 0.2) is 0 Å². The first-order valence-corrected chi connectivity index (χ1v) is 7.24. The Bertz CT molecular complexity index is 273. The smallest absolute Gasteiger partial charge is 0.249 e. The largest absolute Gasteiger partial charge is 0.565 e. The monoisotopic (exact) mass is 214 g/mol. The second kappa shape index (κ2) is 5.61. The molecular weight excluding hydrogens is 199 g/mol. The standard InChI is InChI=1S/C9H14P.CH2O3/c1-10(2,3)9-7-5-4-6-8-9;2-1(3)4/h4-8H,1-3H3;(H2,2,3,4)/q+1;/p-1. The van der Waals surface area contributed by atoms with Crippen molar-refractivity contribution in [3.63, 3.8) is 0 Å². The van der Waals surface area contributed by atoms with Crippen LogP contribution in [0, 0.1) is 0 Å². The summed E-state index contributed by atoms with van der Waals surface area (Å²) < 4.78 is 0. The van der Waals surface area contributed by atoms with Crippen LogP contribution in [0.4, 0.5) is 4.79 Å². The quantitative estimate of drug-likeness (QED) is 0.712. The van der Waals surface area contributed by atoms with Gasteiger partial charge in [-0.2, -0.15) is 0 Å². The summed E-state index contributed by atoms with van der Waals surface area (Å²) in [5, 5.41) is 16.8. The number of hydrogen-bond donors (Lipinski definition) is 1. The van der Waals surface area contributed by atoms with Crippen molar-refractivity contribution in [1.29, 1.82) is 0 Å². The van der Waals surface area contributed by atoms with Crippen molar-refractivity contribution in [2.75, 3.05) is 20.0 Å². The molecule has 14 heavy (non-hydrogen) atoms. The summed E-state index contributed by atoms with van der Waals surface area (Å²) in [6.07, 6.45) is -2.08. The number of benzene rings is 1. The molecule has 0 fully saturated rings. The minimum Gasteiger partial charge on any atom is -0.565 e. The first-order valence-electron chi connectivity index (χ1n) is 4.11. The van der Waals surface area contributed by atoms with Gasteiger partial charge in [0.2, 0.25) is 6.16 Å². The van der Waals surface area contributed by atoms with Crippen LogP contribution < -0.4 is 10.4 Å². The Labute approximate surface area is 84.7 Å². The van der Waals surface area contributed by atoms with E-state index in [-0.39, 0.29) is 0 Å². The number of carboxylic acid groups (broad SMARTS) is 2. The molecule has 0 unspecified atom stereocenters. The molecule has 4 heteroatoms. The third-order valence-corrected chi connectivity index (χ3v) is 3.38. The Morgan fingerprint density at radius 3 is 1.79 bits per heavy atom. The van der Waals surface area contributed by atoms with Crippen LogP contribution in [-0.2, 0) is 0 Å². The summed E-state index contributed by atoms with van der Waals surface area (Å²) in [6.45, 7) is 7.01. The van der Waals surface area contributed by atoms with Crippen LogP contribution in [0.3, 0.4) is 0 Å². The van der Waals surface area contributed by atoms with Crippen LogP contribution in [0.5, 0.6) is 0 Å². The van der Waals surface area contributed by atoms with Gasteiger partial charge in [-0.15, -0.1) is 0 Å². The normalized spacial score (nSPS) is 9.93. The number of carbonyl (C=O) groups is 1. The predicted molar refractivity (Wildman–Crippen MR) is 58.8 cm³/mol. The van der Waals surface area contributed by atoms with Gasteiger partial charge in [-0.05, 0) is 12.1 Å². The molecule has 0 aliphatic carbocycles. The second-order valence-electron chi connectivity index (χ2n) is 3.61. The summed E-state index contributed by atoms with van der Waals surface area (Å²) in [6, 6.07) is 10.7. The van der Waals surface area contributed by atoms with Crippen LogP contribution in [-0.4, -0.2) is 31.3 Å². The summed E-state index contributed by atoms with van der Waals surface area (Å²) in [7, 11) is -0.768. The Morgan fingerprint density at radius 2 is 1.57 bits per heavy atom. The van der Waals surface area contributed by atoms with Gasteiger partial charge < -0.3 is 15.0 Å². The highest BCUT2D eigenvalue weighted by Crippen LogP contribution is 2.44. The molecule has 1 rings (SSSR count). The molecule has 1 aromatic rings. The van der Waals surface area contributed by atoms with Crippen molar-refractivity contribution < 1.29 is 15.0 Å². The molecule has 0 bridgehead atoms. The fraction of sp³-hybridized carbons (Fsp3) is 0.300. The van der Waals surface area contributed by atoms with Crippen LogP contribution in [0.25, 0.3) is 0 Å². The molecule has 0 saturated carbocycles. The van der Waals surface area contributed by atoms with Crippen molar-refractivity contribution in [3.8, 4) is 0 Å². The zero-order chi connectivity index (χ0) is 11.2. The van der Waals surface area contributed by atoms with E-state index >= 15 is 0 Å². The lowest BCUT2D eigenvalue weighted by molar-refractivity contribution is -0.275. The number of hydrogen-bond acceptors (Lipinski definition) is 2. The molecule has 0 aromatic heterocycles. The highest BCUT2D eigenvalue weighted by molar-refractivity contribution is 7.80. The fourth-order valence-corrected chi connectivity index (χ4v) is 1.94. The first kappa shape index (κ1) is 12.9. The number of rotatable bonds is 1.